The Labute approximate surface area is 131 Å². The van der Waals surface area contributed by atoms with Gasteiger partial charge < -0.3 is 19.9 Å². The van der Waals surface area contributed by atoms with E-state index < -0.39 is 5.91 Å². The van der Waals surface area contributed by atoms with Gasteiger partial charge in [0.1, 0.15) is 11.6 Å². The van der Waals surface area contributed by atoms with Crippen LogP contribution in [0.15, 0.2) is 23.2 Å². The van der Waals surface area contributed by atoms with E-state index in [0.29, 0.717) is 37.5 Å². The van der Waals surface area contributed by atoms with Crippen LogP contribution in [0.4, 0.5) is 0 Å². The van der Waals surface area contributed by atoms with Gasteiger partial charge in [0, 0.05) is 0 Å². The Bertz CT molecular complexity index is 577. The molecule has 0 aliphatic carbocycles. The summed E-state index contributed by atoms with van der Waals surface area (Å²) in [6.45, 7) is 8.35. The van der Waals surface area contributed by atoms with Gasteiger partial charge in [-0.25, -0.2) is 4.99 Å². The zero-order valence-electron chi connectivity index (χ0n) is 13.5. The van der Waals surface area contributed by atoms with E-state index in [9.17, 15) is 0 Å². The highest BCUT2D eigenvalue weighted by Crippen LogP contribution is 2.42. The highest BCUT2D eigenvalue weighted by atomic mass is 16.8. The number of ether oxygens (including phenoxy) is 3. The summed E-state index contributed by atoms with van der Waals surface area (Å²) in [5, 5.41) is 0. The first-order valence-corrected chi connectivity index (χ1v) is 7.92. The van der Waals surface area contributed by atoms with E-state index in [1.54, 1.807) is 0 Å². The van der Waals surface area contributed by atoms with Crippen molar-refractivity contribution in [1.82, 2.24) is 0 Å². The van der Waals surface area contributed by atoms with Crippen LogP contribution in [0.1, 0.15) is 38.3 Å². The molecule has 5 heteroatoms. The Morgan fingerprint density at radius 1 is 1.27 bits per heavy atom. The second-order valence-corrected chi connectivity index (χ2v) is 6.50. The molecular formula is C17H24N2O3. The van der Waals surface area contributed by atoms with E-state index in [2.05, 4.69) is 25.8 Å². The Balaban J connectivity index is 1.81. The molecule has 1 atom stereocenters. The quantitative estimate of drug-likeness (QED) is 0.908. The fraction of sp³-hybridized carbons (Fsp3) is 0.588. The molecule has 22 heavy (non-hydrogen) atoms. The average Bonchev–Trinajstić information content (AvgIpc) is 3.03. The molecule has 1 saturated heterocycles. The van der Waals surface area contributed by atoms with Crippen LogP contribution < -0.4 is 10.5 Å². The molecule has 3 rings (SSSR count). The third-order valence-electron chi connectivity index (χ3n) is 3.97. The van der Waals surface area contributed by atoms with Crippen LogP contribution in [0.25, 0.3) is 0 Å². The third kappa shape index (κ3) is 2.71. The van der Waals surface area contributed by atoms with Gasteiger partial charge in [0.2, 0.25) is 0 Å². The lowest BCUT2D eigenvalue weighted by Crippen LogP contribution is -2.22. The monoisotopic (exact) mass is 304 g/mol. The van der Waals surface area contributed by atoms with Crippen molar-refractivity contribution in [3.8, 4) is 5.75 Å². The van der Waals surface area contributed by atoms with Gasteiger partial charge in [-0.1, -0.05) is 32.9 Å². The first-order chi connectivity index (χ1) is 10.5. The summed E-state index contributed by atoms with van der Waals surface area (Å²) in [5.74, 6) is 1.27. The topological polar surface area (TPSA) is 66.1 Å². The predicted molar refractivity (Wildman–Crippen MR) is 84.9 cm³/mol. The van der Waals surface area contributed by atoms with Crippen molar-refractivity contribution in [2.24, 2.45) is 22.6 Å². The molecule has 2 aliphatic heterocycles. The molecule has 0 radical (unpaired) electrons. The fourth-order valence-electron chi connectivity index (χ4n) is 3.18. The maximum absolute atomic E-state index is 6.10. The molecule has 0 saturated carbocycles. The zero-order valence-corrected chi connectivity index (χ0v) is 13.5. The van der Waals surface area contributed by atoms with Crippen molar-refractivity contribution in [1.29, 1.82) is 0 Å². The van der Waals surface area contributed by atoms with E-state index in [-0.39, 0.29) is 0 Å². The summed E-state index contributed by atoms with van der Waals surface area (Å²) < 4.78 is 17.4. The lowest BCUT2D eigenvalue weighted by atomic mass is 10.00. The maximum atomic E-state index is 6.10. The lowest BCUT2D eigenvalue weighted by Gasteiger charge is -2.20. The predicted octanol–water partition coefficient (Wildman–Crippen LogP) is 2.62. The van der Waals surface area contributed by atoms with Gasteiger partial charge in [0.15, 0.2) is 0 Å². The molecule has 0 aromatic heterocycles. The maximum Gasteiger partial charge on any atom is 0.300 e. The van der Waals surface area contributed by atoms with Crippen LogP contribution in [0.3, 0.4) is 0 Å². The molecular weight excluding hydrogens is 280 g/mol. The summed E-state index contributed by atoms with van der Waals surface area (Å²) in [6.07, 6.45) is 1.13. The van der Waals surface area contributed by atoms with Crippen LogP contribution >= 0.6 is 0 Å². The molecule has 1 unspecified atom stereocenters. The van der Waals surface area contributed by atoms with E-state index in [0.717, 1.165) is 23.3 Å². The van der Waals surface area contributed by atoms with Gasteiger partial charge in [-0.15, -0.1) is 0 Å². The van der Waals surface area contributed by atoms with Crippen LogP contribution in [0, 0.1) is 11.8 Å². The summed E-state index contributed by atoms with van der Waals surface area (Å²) in [5.41, 5.74) is 7.75. The van der Waals surface area contributed by atoms with E-state index in [1.165, 1.54) is 0 Å². The highest BCUT2D eigenvalue weighted by molar-refractivity contribution is 6.04. The van der Waals surface area contributed by atoms with E-state index in [1.807, 2.05) is 18.2 Å². The van der Waals surface area contributed by atoms with Crippen LogP contribution in [-0.2, 0) is 15.4 Å². The summed E-state index contributed by atoms with van der Waals surface area (Å²) in [6, 6.07) is 5.80. The second-order valence-electron chi connectivity index (χ2n) is 6.50. The van der Waals surface area contributed by atoms with Gasteiger partial charge in [-0.3, -0.25) is 0 Å². The molecule has 5 nitrogen and oxygen atoms in total. The molecule has 120 valence electrons. The normalized spacial score (nSPS) is 20.3. The fourth-order valence-corrected chi connectivity index (χ4v) is 3.18. The van der Waals surface area contributed by atoms with Gasteiger partial charge >= 0.3 is 5.91 Å². The number of nitrogens with two attached hydrogens (primary N) is 1. The number of nitrogens with zero attached hydrogens (tertiary/aromatic N) is 1. The number of fused-ring (bicyclic) bond motifs is 2. The van der Waals surface area contributed by atoms with Gasteiger partial charge in [0.05, 0.1) is 30.9 Å². The minimum atomic E-state index is -1.05. The second kappa shape index (κ2) is 5.89. The minimum absolute atomic E-state index is 0.420. The van der Waals surface area contributed by atoms with Crippen molar-refractivity contribution in [2.75, 3.05) is 19.8 Å². The van der Waals surface area contributed by atoms with E-state index >= 15 is 0 Å². The largest absolute Gasteiger partial charge is 0.493 e. The van der Waals surface area contributed by atoms with Crippen LogP contribution in [-0.4, -0.2) is 25.7 Å². The van der Waals surface area contributed by atoms with Crippen molar-refractivity contribution < 1.29 is 14.2 Å². The van der Waals surface area contributed by atoms with Gasteiger partial charge in [0.25, 0.3) is 0 Å². The summed E-state index contributed by atoms with van der Waals surface area (Å²) in [4.78, 5) is 4.39. The Morgan fingerprint density at radius 3 is 2.68 bits per heavy atom. The van der Waals surface area contributed by atoms with Crippen molar-refractivity contribution in [3.63, 3.8) is 0 Å². The molecule has 1 fully saturated rings. The summed E-state index contributed by atoms with van der Waals surface area (Å²) in [7, 11) is 0. The Kier molecular flexibility index (Phi) is 4.10. The number of hydrogen-bond donors (Lipinski definition) is 1. The molecule has 2 N–H and O–H groups in total. The lowest BCUT2D eigenvalue weighted by molar-refractivity contribution is -0.155. The average molecular weight is 304 g/mol. The zero-order chi connectivity index (χ0) is 15.7. The van der Waals surface area contributed by atoms with Gasteiger partial charge in [-0.05, 0) is 24.3 Å². The van der Waals surface area contributed by atoms with Gasteiger partial charge in [-0.2, -0.15) is 0 Å². The molecule has 1 spiro atoms. The van der Waals surface area contributed by atoms with Crippen LogP contribution in [0.2, 0.25) is 0 Å². The Hall–Kier alpha value is -1.59. The Morgan fingerprint density at radius 2 is 2.00 bits per heavy atom. The number of benzene rings is 1. The standard InChI is InChI=1S/C17H24N2O3/c1-11(2)9-12(3)10-20-14-6-4-5-13-15(14)16(18)19-17(13)21-7-8-22-17/h4-6,11-12H,7-10H2,1-3H3,(H2,18,19). The molecule has 0 bridgehead atoms. The summed E-state index contributed by atoms with van der Waals surface area (Å²) >= 11 is 0. The molecule has 2 aliphatic rings. The number of hydrogen-bond acceptors (Lipinski definition) is 5. The molecule has 0 amide bonds. The molecule has 2 heterocycles. The molecule has 1 aromatic carbocycles. The highest BCUT2D eigenvalue weighted by Gasteiger charge is 2.46. The number of rotatable bonds is 5. The van der Waals surface area contributed by atoms with Crippen molar-refractivity contribution in [2.45, 2.75) is 33.1 Å². The number of aliphatic imine (C=N–C) groups is 1. The number of amidine groups is 1. The first-order valence-electron chi connectivity index (χ1n) is 7.92. The van der Waals surface area contributed by atoms with E-state index in [4.69, 9.17) is 19.9 Å². The van der Waals surface area contributed by atoms with Crippen LogP contribution in [0.5, 0.6) is 5.75 Å². The minimum Gasteiger partial charge on any atom is -0.493 e. The smallest absolute Gasteiger partial charge is 0.300 e. The van der Waals surface area contributed by atoms with Crippen molar-refractivity contribution >= 4 is 5.84 Å². The first kappa shape index (κ1) is 15.3. The SMILES string of the molecule is CC(C)CC(C)COc1cccc2c1C(N)=NC21OCCO1. The third-order valence-corrected chi connectivity index (χ3v) is 3.97. The molecule has 1 aromatic rings. The van der Waals surface area contributed by atoms with Crippen molar-refractivity contribution in [3.05, 3.63) is 29.3 Å².